The van der Waals surface area contributed by atoms with Crippen LogP contribution in [0, 0.1) is 34.5 Å². The highest BCUT2D eigenvalue weighted by Crippen LogP contribution is 2.65. The zero-order chi connectivity index (χ0) is 24.5. The molecule has 34 heavy (non-hydrogen) atoms. The number of benzene rings is 1. The molecule has 188 valence electrons. The fraction of sp³-hybridized carbons (Fsp3) is 0.759. The van der Waals surface area contributed by atoms with Crippen molar-refractivity contribution in [3.63, 3.8) is 0 Å². The minimum Gasteiger partial charge on any atom is -0.299 e. The molecule has 0 radical (unpaired) electrons. The first kappa shape index (κ1) is 24.5. The van der Waals surface area contributed by atoms with Crippen molar-refractivity contribution in [2.75, 3.05) is 0 Å². The van der Waals surface area contributed by atoms with E-state index in [0.29, 0.717) is 29.5 Å². The van der Waals surface area contributed by atoms with Crippen molar-refractivity contribution in [1.29, 1.82) is 0 Å². The quantitative estimate of drug-likeness (QED) is 0.448. The van der Waals surface area contributed by atoms with Gasteiger partial charge in [-0.25, -0.2) is 0 Å². The topological polar surface area (TPSA) is 60.4 Å². The average Bonchev–Trinajstić information content (AvgIpc) is 3.08. The van der Waals surface area contributed by atoms with Gasteiger partial charge in [-0.1, -0.05) is 46.8 Å². The van der Waals surface area contributed by atoms with Gasteiger partial charge in [0.2, 0.25) is 0 Å². The Balaban J connectivity index is 1.28. The SMILES string of the molecule is CC(C)(C)c1ccc(S(=O)(=O)O[C@H]2CC[C@@]3(C)[C@@H](CC[C@@H]4[C@@H]3CC[C@]3(C)C(=O)CC[C@@H]43)C2)cc1. The Hall–Kier alpha value is -1.20. The van der Waals surface area contributed by atoms with Crippen molar-refractivity contribution in [3.05, 3.63) is 29.8 Å². The second-order valence-electron chi connectivity index (χ2n) is 13.3. The summed E-state index contributed by atoms with van der Waals surface area (Å²) in [6.45, 7) is 11.1. The summed E-state index contributed by atoms with van der Waals surface area (Å²) in [5.41, 5.74) is 1.26. The second kappa shape index (κ2) is 8.16. The minimum absolute atomic E-state index is 0.0157. The second-order valence-corrected chi connectivity index (χ2v) is 14.9. The molecule has 5 heteroatoms. The zero-order valence-electron chi connectivity index (χ0n) is 21.6. The number of fused-ring (bicyclic) bond motifs is 5. The monoisotopic (exact) mass is 486 g/mol. The van der Waals surface area contributed by atoms with E-state index in [9.17, 15) is 13.2 Å². The Labute approximate surface area is 206 Å². The van der Waals surface area contributed by atoms with E-state index < -0.39 is 10.1 Å². The molecular formula is C29H42O4S. The molecule has 0 unspecified atom stereocenters. The van der Waals surface area contributed by atoms with E-state index in [0.717, 1.165) is 56.9 Å². The third-order valence-corrected chi connectivity index (χ3v) is 12.0. The summed E-state index contributed by atoms with van der Waals surface area (Å²) >= 11 is 0. The first-order valence-electron chi connectivity index (χ1n) is 13.4. The maximum absolute atomic E-state index is 13.1. The Kier molecular flexibility index (Phi) is 5.88. The maximum atomic E-state index is 13.1. The van der Waals surface area contributed by atoms with Crippen LogP contribution in [0.15, 0.2) is 29.2 Å². The molecule has 0 amide bonds. The van der Waals surface area contributed by atoms with Crippen molar-refractivity contribution in [3.8, 4) is 0 Å². The van der Waals surface area contributed by atoms with Crippen LogP contribution in [0.1, 0.15) is 98.0 Å². The van der Waals surface area contributed by atoms with Crippen molar-refractivity contribution in [1.82, 2.24) is 0 Å². The number of hydrogen-bond acceptors (Lipinski definition) is 4. The zero-order valence-corrected chi connectivity index (χ0v) is 22.4. The number of rotatable bonds is 3. The molecule has 4 nitrogen and oxygen atoms in total. The maximum Gasteiger partial charge on any atom is 0.297 e. The van der Waals surface area contributed by atoms with E-state index in [2.05, 4.69) is 34.6 Å². The van der Waals surface area contributed by atoms with Gasteiger partial charge in [0, 0.05) is 11.8 Å². The van der Waals surface area contributed by atoms with Crippen LogP contribution >= 0.6 is 0 Å². The number of carbonyl (C=O) groups is 1. The van der Waals surface area contributed by atoms with E-state index in [-0.39, 0.29) is 27.2 Å². The largest absolute Gasteiger partial charge is 0.299 e. The molecule has 0 aromatic heterocycles. The molecule has 7 atom stereocenters. The van der Waals surface area contributed by atoms with Gasteiger partial charge in [0.1, 0.15) is 5.78 Å². The van der Waals surface area contributed by atoms with Crippen LogP contribution in [0.5, 0.6) is 0 Å². The van der Waals surface area contributed by atoms with E-state index >= 15 is 0 Å². The molecule has 4 aliphatic rings. The van der Waals surface area contributed by atoms with Crippen LogP contribution in [0.25, 0.3) is 0 Å². The number of carbonyl (C=O) groups excluding carboxylic acids is 1. The van der Waals surface area contributed by atoms with Gasteiger partial charge in [0.15, 0.2) is 0 Å². The molecular weight excluding hydrogens is 444 g/mol. The highest BCUT2D eigenvalue weighted by molar-refractivity contribution is 7.86. The van der Waals surface area contributed by atoms with Crippen LogP contribution in [-0.4, -0.2) is 20.3 Å². The lowest BCUT2D eigenvalue weighted by Crippen LogP contribution is -2.54. The van der Waals surface area contributed by atoms with Gasteiger partial charge in [-0.05, 0) is 104 Å². The Morgan fingerprint density at radius 2 is 1.62 bits per heavy atom. The molecule has 0 N–H and O–H groups in total. The summed E-state index contributed by atoms with van der Waals surface area (Å²) in [6.07, 6.45) is 8.80. The lowest BCUT2D eigenvalue weighted by molar-refractivity contribution is -0.141. The molecule has 1 aromatic carbocycles. The van der Waals surface area contributed by atoms with E-state index in [1.807, 2.05) is 12.1 Å². The lowest BCUT2D eigenvalue weighted by Gasteiger charge is -2.60. The molecule has 0 saturated heterocycles. The standard InChI is InChI=1S/C29H42O4S/c1-27(2,3)19-6-9-22(10-7-19)34(31,32)33-21-14-16-28(4)20(18-21)8-11-23-24-12-13-26(30)29(24,5)17-15-25(23)28/h6-7,9-10,20-21,23-25H,8,11-18H2,1-5H3/t20-,21-,23-,24-,25-,28-,29-/m0/s1. The molecule has 5 rings (SSSR count). The molecule has 0 spiro atoms. The third-order valence-electron chi connectivity index (χ3n) is 10.6. The fourth-order valence-electron chi connectivity index (χ4n) is 8.43. The predicted octanol–water partition coefficient (Wildman–Crippen LogP) is 6.67. The first-order valence-corrected chi connectivity index (χ1v) is 14.8. The summed E-state index contributed by atoms with van der Waals surface area (Å²) < 4.78 is 32.0. The van der Waals surface area contributed by atoms with Crippen LogP contribution in [-0.2, 0) is 24.5 Å². The normalized spacial score (nSPS) is 40.4. The highest BCUT2D eigenvalue weighted by Gasteiger charge is 2.60. The van der Waals surface area contributed by atoms with Crippen LogP contribution < -0.4 is 0 Å². The number of Topliss-reactive ketones (excluding diaryl/α,β-unsaturated/α-hetero) is 1. The van der Waals surface area contributed by atoms with E-state index in [4.69, 9.17) is 4.18 Å². The fourth-order valence-corrected chi connectivity index (χ4v) is 9.55. The summed E-state index contributed by atoms with van der Waals surface area (Å²) in [4.78, 5) is 12.9. The van der Waals surface area contributed by atoms with Gasteiger partial charge < -0.3 is 0 Å². The number of ketones is 1. The van der Waals surface area contributed by atoms with Crippen LogP contribution in [0.4, 0.5) is 0 Å². The van der Waals surface area contributed by atoms with Crippen molar-refractivity contribution >= 4 is 15.9 Å². The first-order chi connectivity index (χ1) is 15.8. The van der Waals surface area contributed by atoms with Crippen LogP contribution in [0.3, 0.4) is 0 Å². The Morgan fingerprint density at radius 3 is 2.29 bits per heavy atom. The summed E-state index contributed by atoms with van der Waals surface area (Å²) in [5, 5.41) is 0. The van der Waals surface area contributed by atoms with Gasteiger partial charge in [-0.3, -0.25) is 8.98 Å². The summed E-state index contributed by atoms with van der Waals surface area (Å²) in [5.74, 6) is 2.89. The molecule has 0 aliphatic heterocycles. The average molecular weight is 487 g/mol. The molecule has 1 aromatic rings. The van der Waals surface area contributed by atoms with Gasteiger partial charge in [0.05, 0.1) is 11.0 Å². The van der Waals surface area contributed by atoms with Crippen molar-refractivity contribution < 1.29 is 17.4 Å². The molecule has 4 fully saturated rings. The number of hydrogen-bond donors (Lipinski definition) is 0. The van der Waals surface area contributed by atoms with E-state index in [1.165, 1.54) is 6.42 Å². The van der Waals surface area contributed by atoms with Gasteiger partial charge in [-0.2, -0.15) is 8.42 Å². The highest BCUT2D eigenvalue weighted by atomic mass is 32.2. The Bertz CT molecular complexity index is 1050. The predicted molar refractivity (Wildman–Crippen MR) is 134 cm³/mol. The van der Waals surface area contributed by atoms with Gasteiger partial charge in [-0.15, -0.1) is 0 Å². The lowest BCUT2D eigenvalue weighted by atomic mass is 9.45. The van der Waals surface area contributed by atoms with Crippen molar-refractivity contribution in [2.24, 2.45) is 34.5 Å². The van der Waals surface area contributed by atoms with E-state index in [1.54, 1.807) is 12.1 Å². The van der Waals surface area contributed by atoms with Crippen molar-refractivity contribution in [2.45, 2.75) is 109 Å². The molecule has 4 saturated carbocycles. The van der Waals surface area contributed by atoms with Gasteiger partial charge in [0.25, 0.3) is 10.1 Å². The smallest absolute Gasteiger partial charge is 0.297 e. The Morgan fingerprint density at radius 1 is 0.912 bits per heavy atom. The molecule has 0 heterocycles. The molecule has 0 bridgehead atoms. The van der Waals surface area contributed by atoms with Gasteiger partial charge >= 0.3 is 0 Å². The molecule has 4 aliphatic carbocycles. The summed E-state index contributed by atoms with van der Waals surface area (Å²) in [7, 11) is -3.77. The summed E-state index contributed by atoms with van der Waals surface area (Å²) in [6, 6.07) is 7.19. The minimum atomic E-state index is -3.77. The third kappa shape index (κ3) is 3.89. The van der Waals surface area contributed by atoms with Crippen LogP contribution in [0.2, 0.25) is 0 Å².